The smallest absolute Gasteiger partial charge is 0.293 e. The van der Waals surface area contributed by atoms with Crippen molar-refractivity contribution < 1.29 is 9.53 Å². The molecule has 0 aliphatic carbocycles. The topological polar surface area (TPSA) is 55.3 Å². The van der Waals surface area contributed by atoms with E-state index in [-0.39, 0.29) is 5.60 Å². The van der Waals surface area contributed by atoms with Gasteiger partial charge in [0.25, 0.3) is 6.47 Å². The number of rotatable bonds is 3. The first-order chi connectivity index (χ1) is 8.35. The van der Waals surface area contributed by atoms with Crippen molar-refractivity contribution in [2.24, 2.45) is 0 Å². The SMILES string of the molecule is CC(C)(C)OC=O.CN(C)/C=C/c1cnccn1. The van der Waals surface area contributed by atoms with Gasteiger partial charge < -0.3 is 9.64 Å². The molecule has 1 aromatic rings. The number of hydrogen-bond donors (Lipinski definition) is 0. The highest BCUT2D eigenvalue weighted by molar-refractivity contribution is 5.41. The van der Waals surface area contributed by atoms with E-state index >= 15 is 0 Å². The van der Waals surface area contributed by atoms with Gasteiger partial charge in [-0.2, -0.15) is 0 Å². The molecule has 5 nitrogen and oxygen atoms in total. The van der Waals surface area contributed by atoms with Crippen LogP contribution in [0, 0.1) is 0 Å². The average Bonchev–Trinajstić information content (AvgIpc) is 2.27. The molecule has 0 atom stereocenters. The maximum atomic E-state index is 9.60. The normalized spacial score (nSPS) is 10.5. The summed E-state index contributed by atoms with van der Waals surface area (Å²) in [5.74, 6) is 0. The lowest BCUT2D eigenvalue weighted by atomic mass is 10.2. The van der Waals surface area contributed by atoms with Crippen molar-refractivity contribution in [1.29, 1.82) is 0 Å². The third-order valence-electron chi connectivity index (χ3n) is 1.53. The zero-order valence-electron chi connectivity index (χ0n) is 11.6. The standard InChI is InChI=1S/C8H11N3.C5H10O2/c1-11(2)6-3-8-7-9-4-5-10-8;1-5(2,3)7-4-6/h3-7H,1-2H3;4H,1-3H3/b6-3+;. The molecule has 0 bridgehead atoms. The Kier molecular flexibility index (Phi) is 7.35. The molecule has 0 saturated heterocycles. The third-order valence-corrected chi connectivity index (χ3v) is 1.53. The highest BCUT2D eigenvalue weighted by atomic mass is 16.5. The summed E-state index contributed by atoms with van der Waals surface area (Å²) in [5.41, 5.74) is 0.558. The van der Waals surface area contributed by atoms with Gasteiger partial charge in [0.1, 0.15) is 5.60 Å². The zero-order valence-corrected chi connectivity index (χ0v) is 11.6. The molecule has 0 aliphatic rings. The fourth-order valence-electron chi connectivity index (χ4n) is 0.766. The molecule has 0 saturated carbocycles. The van der Waals surface area contributed by atoms with E-state index in [1.165, 1.54) is 0 Å². The highest BCUT2D eigenvalue weighted by Gasteiger charge is 2.07. The van der Waals surface area contributed by atoms with Crippen LogP contribution in [-0.2, 0) is 9.53 Å². The van der Waals surface area contributed by atoms with Crippen molar-refractivity contribution in [1.82, 2.24) is 14.9 Å². The molecule has 1 heterocycles. The van der Waals surface area contributed by atoms with Crippen LogP contribution in [0.1, 0.15) is 26.5 Å². The van der Waals surface area contributed by atoms with Crippen LogP contribution in [0.5, 0.6) is 0 Å². The van der Waals surface area contributed by atoms with Crippen LogP contribution < -0.4 is 0 Å². The van der Waals surface area contributed by atoms with Crippen molar-refractivity contribution in [3.8, 4) is 0 Å². The summed E-state index contributed by atoms with van der Waals surface area (Å²) in [6, 6.07) is 0. The quantitative estimate of drug-likeness (QED) is 0.769. The van der Waals surface area contributed by atoms with E-state index in [1.54, 1.807) is 18.6 Å². The fourth-order valence-corrected chi connectivity index (χ4v) is 0.766. The van der Waals surface area contributed by atoms with E-state index in [9.17, 15) is 4.79 Å². The predicted octanol–water partition coefficient (Wildman–Crippen LogP) is 1.97. The summed E-state index contributed by atoms with van der Waals surface area (Å²) in [5, 5.41) is 0. The van der Waals surface area contributed by atoms with E-state index in [2.05, 4.69) is 14.7 Å². The van der Waals surface area contributed by atoms with Gasteiger partial charge in [-0.25, -0.2) is 0 Å². The second-order valence-electron chi connectivity index (χ2n) is 4.74. The summed E-state index contributed by atoms with van der Waals surface area (Å²) in [4.78, 5) is 19.6. The lowest BCUT2D eigenvalue weighted by Crippen LogP contribution is -2.17. The minimum Gasteiger partial charge on any atom is -0.462 e. The summed E-state index contributed by atoms with van der Waals surface area (Å²) in [6.07, 6.45) is 8.90. The number of nitrogens with zero attached hydrogens (tertiary/aromatic N) is 3. The van der Waals surface area contributed by atoms with E-state index < -0.39 is 0 Å². The van der Waals surface area contributed by atoms with Crippen LogP contribution in [-0.4, -0.2) is 41.0 Å². The van der Waals surface area contributed by atoms with Crippen molar-refractivity contribution >= 4 is 12.5 Å². The summed E-state index contributed by atoms with van der Waals surface area (Å²) >= 11 is 0. The van der Waals surface area contributed by atoms with E-state index in [4.69, 9.17) is 0 Å². The van der Waals surface area contributed by atoms with Crippen LogP contribution >= 0.6 is 0 Å². The first-order valence-corrected chi connectivity index (χ1v) is 5.57. The Bertz CT molecular complexity index is 356. The van der Waals surface area contributed by atoms with Crippen LogP contribution in [0.3, 0.4) is 0 Å². The van der Waals surface area contributed by atoms with Crippen LogP contribution in [0.4, 0.5) is 0 Å². The van der Waals surface area contributed by atoms with Gasteiger partial charge in [-0.15, -0.1) is 0 Å². The summed E-state index contributed by atoms with van der Waals surface area (Å²) < 4.78 is 4.55. The molecular formula is C13H21N3O2. The van der Waals surface area contributed by atoms with Crippen molar-refractivity contribution in [3.05, 3.63) is 30.5 Å². The molecule has 1 aromatic heterocycles. The lowest BCUT2D eigenvalue weighted by Gasteiger charge is -2.14. The highest BCUT2D eigenvalue weighted by Crippen LogP contribution is 2.02. The molecule has 0 amide bonds. The molecule has 0 spiro atoms. The second-order valence-corrected chi connectivity index (χ2v) is 4.74. The lowest BCUT2D eigenvalue weighted by molar-refractivity contribution is -0.138. The molecule has 0 fully saturated rings. The molecule has 0 N–H and O–H groups in total. The molecule has 100 valence electrons. The molecule has 0 aliphatic heterocycles. The Morgan fingerprint density at radius 2 is 1.94 bits per heavy atom. The first kappa shape index (κ1) is 16.1. The monoisotopic (exact) mass is 251 g/mol. The van der Waals surface area contributed by atoms with Gasteiger partial charge >= 0.3 is 0 Å². The Hall–Kier alpha value is -1.91. The Morgan fingerprint density at radius 1 is 1.28 bits per heavy atom. The zero-order chi connectivity index (χ0) is 14.0. The van der Waals surface area contributed by atoms with E-state index in [0.29, 0.717) is 6.47 Å². The summed E-state index contributed by atoms with van der Waals surface area (Å²) in [7, 11) is 3.93. The maximum Gasteiger partial charge on any atom is 0.293 e. The van der Waals surface area contributed by atoms with Gasteiger partial charge in [0.15, 0.2) is 0 Å². The number of carbonyl (C=O) groups is 1. The number of hydrogen-bond acceptors (Lipinski definition) is 5. The first-order valence-electron chi connectivity index (χ1n) is 5.57. The van der Waals surface area contributed by atoms with Gasteiger partial charge in [-0.1, -0.05) is 0 Å². The van der Waals surface area contributed by atoms with Gasteiger partial charge in [-0.05, 0) is 26.8 Å². The van der Waals surface area contributed by atoms with Crippen LogP contribution in [0.25, 0.3) is 6.08 Å². The molecular weight excluding hydrogens is 230 g/mol. The van der Waals surface area contributed by atoms with Gasteiger partial charge in [-0.3, -0.25) is 14.8 Å². The van der Waals surface area contributed by atoms with Crippen molar-refractivity contribution in [2.75, 3.05) is 14.1 Å². The van der Waals surface area contributed by atoms with Gasteiger partial charge in [0.05, 0.1) is 11.9 Å². The van der Waals surface area contributed by atoms with Gasteiger partial charge in [0, 0.05) is 32.7 Å². The molecule has 1 rings (SSSR count). The maximum absolute atomic E-state index is 9.60. The van der Waals surface area contributed by atoms with Crippen LogP contribution in [0.2, 0.25) is 0 Å². The Labute approximate surface area is 109 Å². The third kappa shape index (κ3) is 10.6. The molecule has 0 aromatic carbocycles. The van der Waals surface area contributed by atoms with Crippen LogP contribution in [0.15, 0.2) is 24.8 Å². The molecule has 0 unspecified atom stereocenters. The van der Waals surface area contributed by atoms with E-state index in [1.807, 2.05) is 52.0 Å². The van der Waals surface area contributed by atoms with Crippen molar-refractivity contribution in [2.45, 2.75) is 26.4 Å². The number of ether oxygens (including phenoxy) is 1. The summed E-state index contributed by atoms with van der Waals surface area (Å²) in [6.45, 7) is 5.92. The minimum absolute atomic E-state index is 0.318. The molecule has 18 heavy (non-hydrogen) atoms. The fraction of sp³-hybridized carbons (Fsp3) is 0.462. The Balaban J connectivity index is 0.000000360. The number of aromatic nitrogens is 2. The second kappa shape index (κ2) is 8.22. The minimum atomic E-state index is -0.318. The van der Waals surface area contributed by atoms with Crippen molar-refractivity contribution in [3.63, 3.8) is 0 Å². The van der Waals surface area contributed by atoms with E-state index in [0.717, 1.165) is 5.69 Å². The van der Waals surface area contributed by atoms with Gasteiger partial charge in [0.2, 0.25) is 0 Å². The Morgan fingerprint density at radius 3 is 2.28 bits per heavy atom. The average molecular weight is 251 g/mol. The predicted molar refractivity (Wildman–Crippen MR) is 71.7 cm³/mol. The number of carbonyl (C=O) groups excluding carboxylic acids is 1. The molecule has 0 radical (unpaired) electrons. The largest absolute Gasteiger partial charge is 0.462 e. The molecule has 5 heteroatoms.